The van der Waals surface area contributed by atoms with E-state index in [1.54, 1.807) is 17.4 Å². The van der Waals surface area contributed by atoms with Crippen molar-refractivity contribution in [3.63, 3.8) is 0 Å². The topological polar surface area (TPSA) is 12.0 Å². The average Bonchev–Trinajstić information content (AvgIpc) is 2.77. The van der Waals surface area contributed by atoms with Crippen LogP contribution in [0, 0.1) is 5.82 Å². The Kier molecular flexibility index (Phi) is 4.50. The molecule has 0 fully saturated rings. The smallest absolute Gasteiger partial charge is 0.124 e. The molecular formula is C15H18FNS. The Morgan fingerprint density at radius 3 is 3.00 bits per heavy atom. The molecule has 0 aliphatic carbocycles. The second-order valence-corrected chi connectivity index (χ2v) is 5.51. The van der Waals surface area contributed by atoms with Gasteiger partial charge in [-0.2, -0.15) is 0 Å². The first-order valence-electron chi connectivity index (χ1n) is 6.21. The van der Waals surface area contributed by atoms with E-state index >= 15 is 0 Å². The van der Waals surface area contributed by atoms with Crippen molar-refractivity contribution < 1.29 is 4.39 Å². The summed E-state index contributed by atoms with van der Waals surface area (Å²) in [5.41, 5.74) is 0. The van der Waals surface area contributed by atoms with E-state index in [2.05, 4.69) is 18.0 Å². The van der Waals surface area contributed by atoms with Gasteiger partial charge in [-0.25, -0.2) is 4.39 Å². The lowest BCUT2D eigenvalue weighted by Crippen LogP contribution is -2.14. The summed E-state index contributed by atoms with van der Waals surface area (Å²) in [6.45, 7) is 3.74. The highest BCUT2D eigenvalue weighted by Crippen LogP contribution is 2.32. The van der Waals surface area contributed by atoms with Crippen LogP contribution in [0.2, 0.25) is 0 Å². The zero-order chi connectivity index (χ0) is 13.0. The molecule has 18 heavy (non-hydrogen) atoms. The summed E-state index contributed by atoms with van der Waals surface area (Å²) in [5, 5.41) is 4.46. The van der Waals surface area contributed by atoms with Gasteiger partial charge in [0.05, 0.1) is 0 Å². The minimum Gasteiger partial charge on any atom is -0.312 e. The predicted molar refractivity (Wildman–Crippen MR) is 77.6 cm³/mol. The van der Waals surface area contributed by atoms with Gasteiger partial charge in [-0.3, -0.25) is 0 Å². The molecule has 1 heterocycles. The van der Waals surface area contributed by atoms with Crippen LogP contribution in [0.15, 0.2) is 36.9 Å². The molecule has 1 nitrogen and oxygen atoms in total. The van der Waals surface area contributed by atoms with Crippen molar-refractivity contribution in [2.24, 2.45) is 0 Å². The third kappa shape index (κ3) is 2.98. The molecular weight excluding hydrogens is 245 g/mol. The van der Waals surface area contributed by atoms with Gasteiger partial charge in [-0.15, -0.1) is 17.9 Å². The monoisotopic (exact) mass is 263 g/mol. The molecule has 96 valence electrons. The van der Waals surface area contributed by atoms with E-state index in [4.69, 9.17) is 0 Å². The van der Waals surface area contributed by atoms with E-state index in [0.717, 1.165) is 29.3 Å². The first-order chi connectivity index (χ1) is 8.74. The van der Waals surface area contributed by atoms with Gasteiger partial charge < -0.3 is 5.32 Å². The zero-order valence-corrected chi connectivity index (χ0v) is 11.4. The van der Waals surface area contributed by atoms with Crippen LogP contribution in [-0.2, 0) is 0 Å². The van der Waals surface area contributed by atoms with Gasteiger partial charge in [0.1, 0.15) is 5.82 Å². The maximum atomic E-state index is 13.2. The number of unbranched alkanes of at least 4 members (excludes halogenated alkanes) is 1. The fourth-order valence-electron chi connectivity index (χ4n) is 2.09. The van der Waals surface area contributed by atoms with E-state index in [1.807, 2.05) is 19.2 Å². The van der Waals surface area contributed by atoms with Crippen LogP contribution in [0.25, 0.3) is 10.1 Å². The molecule has 0 saturated carbocycles. The minimum atomic E-state index is -0.163. The zero-order valence-electron chi connectivity index (χ0n) is 10.6. The Balaban J connectivity index is 2.19. The molecule has 1 unspecified atom stereocenters. The molecule has 2 aromatic rings. The summed E-state index contributed by atoms with van der Waals surface area (Å²) in [6, 6.07) is 7.49. The van der Waals surface area contributed by atoms with E-state index in [0.29, 0.717) is 6.04 Å². The molecule has 0 radical (unpaired) electrons. The minimum absolute atomic E-state index is 0.163. The standard InChI is InChI=1S/C15H18FNS/c1-3-4-5-6-13(17-2)15-9-11-7-8-12(16)10-14(11)18-15/h3,7-10,13,17H,1,4-6H2,2H3. The third-order valence-electron chi connectivity index (χ3n) is 3.09. The summed E-state index contributed by atoms with van der Waals surface area (Å²) in [7, 11) is 1.98. The fourth-order valence-corrected chi connectivity index (χ4v) is 3.33. The molecule has 1 aromatic heterocycles. The molecule has 1 N–H and O–H groups in total. The van der Waals surface area contributed by atoms with Crippen molar-refractivity contribution >= 4 is 21.4 Å². The van der Waals surface area contributed by atoms with Crippen LogP contribution in [-0.4, -0.2) is 7.05 Å². The summed E-state index contributed by atoms with van der Waals surface area (Å²) >= 11 is 1.67. The van der Waals surface area contributed by atoms with Crippen LogP contribution < -0.4 is 5.32 Å². The Hall–Kier alpha value is -1.19. The maximum Gasteiger partial charge on any atom is 0.124 e. The molecule has 0 saturated heterocycles. The summed E-state index contributed by atoms with van der Waals surface area (Å²) < 4.78 is 14.2. The lowest BCUT2D eigenvalue weighted by Gasteiger charge is -2.13. The number of halogens is 1. The Labute approximate surface area is 111 Å². The average molecular weight is 263 g/mol. The number of allylic oxidation sites excluding steroid dienone is 1. The molecule has 0 amide bonds. The molecule has 0 aliphatic heterocycles. The number of thiophene rings is 1. The summed E-state index contributed by atoms with van der Waals surface area (Å²) in [5.74, 6) is -0.163. The van der Waals surface area contributed by atoms with Gasteiger partial charge in [0.25, 0.3) is 0 Å². The maximum absolute atomic E-state index is 13.2. The Bertz CT molecular complexity index is 532. The molecule has 0 spiro atoms. The first kappa shape index (κ1) is 13.2. The molecule has 0 aliphatic rings. The van der Waals surface area contributed by atoms with Crippen LogP contribution in [0.3, 0.4) is 0 Å². The highest BCUT2D eigenvalue weighted by atomic mass is 32.1. The fraction of sp³-hybridized carbons (Fsp3) is 0.333. The van der Waals surface area contributed by atoms with Gasteiger partial charge in [0, 0.05) is 15.6 Å². The van der Waals surface area contributed by atoms with E-state index in [9.17, 15) is 4.39 Å². The third-order valence-corrected chi connectivity index (χ3v) is 4.31. The summed E-state index contributed by atoms with van der Waals surface area (Å²) in [6.07, 6.45) is 5.19. The van der Waals surface area contributed by atoms with Crippen molar-refractivity contribution in [1.82, 2.24) is 5.32 Å². The van der Waals surface area contributed by atoms with E-state index in [1.165, 1.54) is 10.9 Å². The van der Waals surface area contributed by atoms with Crippen molar-refractivity contribution in [3.8, 4) is 0 Å². The SMILES string of the molecule is C=CCCCC(NC)c1cc2ccc(F)cc2s1. The van der Waals surface area contributed by atoms with Gasteiger partial charge in [-0.1, -0.05) is 12.1 Å². The van der Waals surface area contributed by atoms with Crippen molar-refractivity contribution in [1.29, 1.82) is 0 Å². The highest BCUT2D eigenvalue weighted by Gasteiger charge is 2.12. The number of hydrogen-bond acceptors (Lipinski definition) is 2. The van der Waals surface area contributed by atoms with E-state index in [-0.39, 0.29) is 5.82 Å². The van der Waals surface area contributed by atoms with Gasteiger partial charge in [0.15, 0.2) is 0 Å². The van der Waals surface area contributed by atoms with Crippen LogP contribution in [0.5, 0.6) is 0 Å². The largest absolute Gasteiger partial charge is 0.312 e. The van der Waals surface area contributed by atoms with Gasteiger partial charge >= 0.3 is 0 Å². The number of hydrogen-bond donors (Lipinski definition) is 1. The van der Waals surface area contributed by atoms with Crippen molar-refractivity contribution in [3.05, 3.63) is 47.6 Å². The lowest BCUT2D eigenvalue weighted by molar-refractivity contribution is 0.538. The Morgan fingerprint density at radius 1 is 1.44 bits per heavy atom. The van der Waals surface area contributed by atoms with Crippen LogP contribution >= 0.6 is 11.3 Å². The molecule has 1 atom stereocenters. The molecule has 2 rings (SSSR count). The normalized spacial score (nSPS) is 12.8. The first-order valence-corrected chi connectivity index (χ1v) is 7.03. The van der Waals surface area contributed by atoms with Crippen molar-refractivity contribution in [2.75, 3.05) is 7.05 Å². The number of nitrogens with one attached hydrogen (secondary N) is 1. The summed E-state index contributed by atoms with van der Waals surface area (Å²) in [4.78, 5) is 1.28. The Morgan fingerprint density at radius 2 is 2.28 bits per heavy atom. The molecule has 1 aromatic carbocycles. The van der Waals surface area contributed by atoms with Crippen molar-refractivity contribution in [2.45, 2.75) is 25.3 Å². The van der Waals surface area contributed by atoms with Crippen LogP contribution in [0.4, 0.5) is 4.39 Å². The lowest BCUT2D eigenvalue weighted by atomic mass is 10.1. The van der Waals surface area contributed by atoms with Gasteiger partial charge in [-0.05, 0) is 49.9 Å². The highest BCUT2D eigenvalue weighted by molar-refractivity contribution is 7.19. The number of benzene rings is 1. The number of fused-ring (bicyclic) bond motifs is 1. The molecule has 0 bridgehead atoms. The van der Waals surface area contributed by atoms with Gasteiger partial charge in [0.2, 0.25) is 0 Å². The molecule has 3 heteroatoms. The van der Waals surface area contributed by atoms with Crippen LogP contribution in [0.1, 0.15) is 30.2 Å². The van der Waals surface area contributed by atoms with E-state index < -0.39 is 0 Å². The second kappa shape index (κ2) is 6.12. The quantitative estimate of drug-likeness (QED) is 0.590. The number of rotatable bonds is 6. The second-order valence-electron chi connectivity index (χ2n) is 4.39. The predicted octanol–water partition coefficient (Wildman–Crippen LogP) is 4.66.